The van der Waals surface area contributed by atoms with Gasteiger partial charge in [0.15, 0.2) is 15.8 Å². The molecule has 1 aliphatic carbocycles. The molecule has 2 heterocycles. The van der Waals surface area contributed by atoms with Crippen LogP contribution in [0.4, 0.5) is 0 Å². The Morgan fingerprint density at radius 2 is 2.08 bits per heavy atom. The standard InChI is InChI=1S/C17H31N3O3S.HI/c1-4-18-16(19-10-12-7-9-24(21,22)11-12)20-14-13-6-5-8-23-15(13)17(14,2)3;/h12-15H,4-11H2,1-3H3,(H2,18,19,20);1H. The third-order valence-electron chi connectivity index (χ3n) is 5.80. The van der Waals surface area contributed by atoms with Crippen molar-refractivity contribution in [2.24, 2.45) is 22.2 Å². The van der Waals surface area contributed by atoms with Crippen LogP contribution in [0.25, 0.3) is 0 Å². The van der Waals surface area contributed by atoms with E-state index < -0.39 is 9.84 Å². The lowest BCUT2D eigenvalue weighted by Crippen LogP contribution is -2.71. The molecule has 25 heavy (non-hydrogen) atoms. The third-order valence-corrected chi connectivity index (χ3v) is 7.64. The molecule has 6 nitrogen and oxygen atoms in total. The van der Waals surface area contributed by atoms with E-state index in [4.69, 9.17) is 4.74 Å². The van der Waals surface area contributed by atoms with Crippen molar-refractivity contribution >= 4 is 39.8 Å². The van der Waals surface area contributed by atoms with Gasteiger partial charge in [-0.1, -0.05) is 13.8 Å². The van der Waals surface area contributed by atoms with Crippen LogP contribution in [0, 0.1) is 17.3 Å². The zero-order valence-electron chi connectivity index (χ0n) is 15.5. The number of fused-ring (bicyclic) bond motifs is 1. The summed E-state index contributed by atoms with van der Waals surface area (Å²) in [5.74, 6) is 2.11. The molecule has 2 saturated heterocycles. The highest BCUT2D eigenvalue weighted by Gasteiger charge is 2.58. The van der Waals surface area contributed by atoms with Crippen LogP contribution >= 0.6 is 24.0 Å². The first kappa shape index (κ1) is 21.2. The average molecular weight is 485 g/mol. The van der Waals surface area contributed by atoms with Crippen LogP contribution in [0.15, 0.2) is 4.99 Å². The van der Waals surface area contributed by atoms with E-state index in [2.05, 4.69) is 36.4 Å². The molecule has 2 aliphatic heterocycles. The van der Waals surface area contributed by atoms with E-state index in [-0.39, 0.29) is 41.1 Å². The van der Waals surface area contributed by atoms with E-state index in [1.54, 1.807) is 0 Å². The number of guanidine groups is 1. The van der Waals surface area contributed by atoms with Crippen LogP contribution in [0.5, 0.6) is 0 Å². The molecule has 8 heteroatoms. The molecular formula is C17H32IN3O3S. The van der Waals surface area contributed by atoms with Crippen molar-refractivity contribution in [2.45, 2.75) is 52.2 Å². The van der Waals surface area contributed by atoms with Crippen molar-refractivity contribution in [3.8, 4) is 0 Å². The van der Waals surface area contributed by atoms with Gasteiger partial charge in [0.1, 0.15) is 0 Å². The smallest absolute Gasteiger partial charge is 0.191 e. The number of sulfone groups is 1. The summed E-state index contributed by atoms with van der Waals surface area (Å²) in [4.78, 5) is 4.68. The van der Waals surface area contributed by atoms with Gasteiger partial charge < -0.3 is 15.4 Å². The van der Waals surface area contributed by atoms with Crippen molar-refractivity contribution < 1.29 is 13.2 Å². The Kier molecular flexibility index (Phi) is 7.03. The Morgan fingerprint density at radius 1 is 1.32 bits per heavy atom. The van der Waals surface area contributed by atoms with Crippen LogP contribution in [0.2, 0.25) is 0 Å². The predicted octanol–water partition coefficient (Wildman–Crippen LogP) is 1.80. The Labute approximate surface area is 168 Å². The Hall–Kier alpha value is -0.0900. The van der Waals surface area contributed by atoms with Gasteiger partial charge in [-0.15, -0.1) is 24.0 Å². The number of hydrogen-bond donors (Lipinski definition) is 2. The molecule has 4 unspecified atom stereocenters. The van der Waals surface area contributed by atoms with Gasteiger partial charge in [-0.2, -0.15) is 0 Å². The fourth-order valence-electron chi connectivity index (χ4n) is 4.52. The fraction of sp³-hybridized carbons (Fsp3) is 0.941. The molecule has 0 aromatic carbocycles. The summed E-state index contributed by atoms with van der Waals surface area (Å²) in [6.07, 6.45) is 3.40. The summed E-state index contributed by atoms with van der Waals surface area (Å²) in [6.45, 7) is 8.81. The first-order chi connectivity index (χ1) is 11.3. The van der Waals surface area contributed by atoms with Gasteiger partial charge in [-0.05, 0) is 32.1 Å². The van der Waals surface area contributed by atoms with Crippen LogP contribution in [0.3, 0.4) is 0 Å². The molecule has 3 fully saturated rings. The van der Waals surface area contributed by atoms with Crippen LogP contribution in [-0.2, 0) is 14.6 Å². The molecule has 0 amide bonds. The molecule has 146 valence electrons. The quantitative estimate of drug-likeness (QED) is 0.361. The first-order valence-corrected chi connectivity index (χ1v) is 11.0. The predicted molar refractivity (Wildman–Crippen MR) is 111 cm³/mol. The number of ether oxygens (including phenoxy) is 1. The maximum atomic E-state index is 11.6. The van der Waals surface area contributed by atoms with Gasteiger partial charge in [-0.3, -0.25) is 4.99 Å². The van der Waals surface area contributed by atoms with Crippen molar-refractivity contribution in [1.82, 2.24) is 10.6 Å². The van der Waals surface area contributed by atoms with Gasteiger partial charge in [-0.25, -0.2) is 8.42 Å². The Bertz CT molecular complexity index is 594. The summed E-state index contributed by atoms with van der Waals surface area (Å²) in [5.41, 5.74) is 0.0952. The molecule has 0 aromatic heterocycles. The number of hydrogen-bond acceptors (Lipinski definition) is 4. The summed E-state index contributed by atoms with van der Waals surface area (Å²) < 4.78 is 29.1. The molecular weight excluding hydrogens is 453 g/mol. The minimum absolute atomic E-state index is 0. The molecule has 0 radical (unpaired) electrons. The maximum Gasteiger partial charge on any atom is 0.191 e. The molecule has 3 rings (SSSR count). The largest absolute Gasteiger partial charge is 0.377 e. The minimum Gasteiger partial charge on any atom is -0.377 e. The number of halogens is 1. The van der Waals surface area contributed by atoms with Gasteiger partial charge >= 0.3 is 0 Å². The third kappa shape index (κ3) is 4.61. The van der Waals surface area contributed by atoms with Crippen molar-refractivity contribution in [1.29, 1.82) is 0 Å². The van der Waals surface area contributed by atoms with Crippen LogP contribution in [0.1, 0.15) is 40.0 Å². The van der Waals surface area contributed by atoms with Crippen molar-refractivity contribution in [2.75, 3.05) is 31.2 Å². The number of nitrogens with one attached hydrogen (secondary N) is 2. The van der Waals surface area contributed by atoms with E-state index in [9.17, 15) is 8.42 Å². The number of rotatable bonds is 4. The highest BCUT2D eigenvalue weighted by molar-refractivity contribution is 14.0. The molecule has 2 N–H and O–H groups in total. The van der Waals surface area contributed by atoms with Crippen LogP contribution < -0.4 is 10.6 Å². The summed E-state index contributed by atoms with van der Waals surface area (Å²) in [7, 11) is -2.83. The SMILES string of the molecule is CCNC(=NCC1CCS(=O)(=O)C1)NC1C2CCCOC2C1(C)C.I. The normalized spacial score (nSPS) is 35.9. The van der Waals surface area contributed by atoms with E-state index in [0.29, 0.717) is 30.4 Å². The Morgan fingerprint density at radius 3 is 2.72 bits per heavy atom. The van der Waals surface area contributed by atoms with Crippen molar-refractivity contribution in [3.05, 3.63) is 0 Å². The number of aliphatic imine (C=N–C) groups is 1. The molecule has 1 saturated carbocycles. The van der Waals surface area contributed by atoms with Gasteiger partial charge in [0.25, 0.3) is 0 Å². The van der Waals surface area contributed by atoms with Gasteiger partial charge in [0.05, 0.1) is 17.6 Å². The Balaban J connectivity index is 0.00000225. The molecule has 0 bridgehead atoms. The average Bonchev–Trinajstić information content (AvgIpc) is 2.89. The lowest BCUT2D eigenvalue weighted by Gasteiger charge is -2.60. The first-order valence-electron chi connectivity index (χ1n) is 9.20. The van der Waals surface area contributed by atoms with Gasteiger partial charge in [0.2, 0.25) is 0 Å². The summed E-state index contributed by atoms with van der Waals surface area (Å²) in [5, 5.41) is 6.91. The maximum absolute atomic E-state index is 11.6. The number of nitrogens with zero attached hydrogens (tertiary/aromatic N) is 1. The summed E-state index contributed by atoms with van der Waals surface area (Å²) >= 11 is 0. The highest BCUT2D eigenvalue weighted by Crippen LogP contribution is 2.51. The summed E-state index contributed by atoms with van der Waals surface area (Å²) in [6, 6.07) is 0.355. The topological polar surface area (TPSA) is 79.8 Å². The molecule has 4 atom stereocenters. The zero-order valence-corrected chi connectivity index (χ0v) is 18.6. The highest BCUT2D eigenvalue weighted by atomic mass is 127. The van der Waals surface area contributed by atoms with Gasteiger partial charge in [0, 0.05) is 37.1 Å². The second-order valence-electron chi connectivity index (χ2n) is 8.03. The lowest BCUT2D eigenvalue weighted by molar-refractivity contribution is -0.188. The second-order valence-corrected chi connectivity index (χ2v) is 10.3. The van der Waals surface area contributed by atoms with E-state index in [1.165, 1.54) is 6.42 Å². The van der Waals surface area contributed by atoms with E-state index >= 15 is 0 Å². The zero-order chi connectivity index (χ0) is 17.4. The fourth-order valence-corrected chi connectivity index (χ4v) is 6.37. The molecule has 0 spiro atoms. The monoisotopic (exact) mass is 485 g/mol. The van der Waals surface area contributed by atoms with Crippen molar-refractivity contribution in [3.63, 3.8) is 0 Å². The lowest BCUT2D eigenvalue weighted by atomic mass is 9.55. The molecule has 3 aliphatic rings. The molecule has 0 aromatic rings. The second kappa shape index (κ2) is 8.29. The van der Waals surface area contributed by atoms with Crippen LogP contribution in [-0.4, -0.2) is 57.7 Å². The minimum atomic E-state index is -2.83. The van der Waals surface area contributed by atoms with E-state index in [1.807, 2.05) is 0 Å². The van der Waals surface area contributed by atoms with E-state index in [0.717, 1.165) is 32.0 Å².